The molecule has 0 unspecified atom stereocenters. The lowest BCUT2D eigenvalue weighted by molar-refractivity contribution is -0.176. The number of rotatable bonds is 13. The summed E-state index contributed by atoms with van der Waals surface area (Å²) >= 11 is 0. The van der Waals surface area contributed by atoms with Gasteiger partial charge in [0, 0.05) is 25.3 Å². The average molecular weight is 432 g/mol. The maximum atomic E-state index is 13.4. The van der Waals surface area contributed by atoms with E-state index in [1.54, 1.807) is 42.5 Å². The Morgan fingerprint density at radius 2 is 1.32 bits per heavy atom. The van der Waals surface area contributed by atoms with Crippen LogP contribution in [0.4, 0.5) is 0 Å². The minimum atomic E-state index is -1.79. The molecular formula is C22H24O9. The van der Waals surface area contributed by atoms with Gasteiger partial charge in [0.15, 0.2) is 0 Å². The molecule has 0 amide bonds. The third-order valence-electron chi connectivity index (χ3n) is 4.35. The van der Waals surface area contributed by atoms with Crippen LogP contribution in [0.2, 0.25) is 0 Å². The Morgan fingerprint density at radius 1 is 0.806 bits per heavy atom. The highest BCUT2D eigenvalue weighted by molar-refractivity contribution is 6.02. The number of carbonyl (C=O) groups excluding carboxylic acids is 1. The Hall–Kier alpha value is -3.43. The van der Waals surface area contributed by atoms with E-state index < -0.39 is 23.5 Å². The number of carboxylic acids is 2. The number of carbonyl (C=O) groups is 3. The summed E-state index contributed by atoms with van der Waals surface area (Å²) in [5, 5.41) is 17.5. The zero-order valence-electron chi connectivity index (χ0n) is 17.2. The largest absolute Gasteiger partial charge is 0.493 e. The summed E-state index contributed by atoms with van der Waals surface area (Å²) in [5.74, 6) is -3.58. The lowest BCUT2D eigenvalue weighted by atomic mass is 9.95. The van der Waals surface area contributed by atoms with Crippen LogP contribution in [-0.2, 0) is 24.8 Å². The van der Waals surface area contributed by atoms with Crippen LogP contribution in [0.25, 0.3) is 0 Å². The van der Waals surface area contributed by atoms with Crippen molar-refractivity contribution in [2.75, 3.05) is 27.4 Å². The monoisotopic (exact) mass is 432 g/mol. The van der Waals surface area contributed by atoms with Crippen molar-refractivity contribution in [3.63, 3.8) is 0 Å². The first-order valence-corrected chi connectivity index (χ1v) is 9.37. The van der Waals surface area contributed by atoms with Crippen molar-refractivity contribution >= 4 is 17.7 Å². The predicted octanol–water partition coefficient (Wildman–Crippen LogP) is 2.72. The van der Waals surface area contributed by atoms with Crippen molar-refractivity contribution in [1.82, 2.24) is 0 Å². The first-order valence-electron chi connectivity index (χ1n) is 9.37. The number of hydrogen-bond acceptors (Lipinski definition) is 7. The number of ketones is 1. The SMILES string of the molecule is COC(OC)(C(=O)c1cccc(OCCC(=O)O)c1)c1cccc(OCCC(=O)O)c1. The van der Waals surface area contributed by atoms with Gasteiger partial charge in [0.25, 0.3) is 5.79 Å². The van der Waals surface area contributed by atoms with Gasteiger partial charge >= 0.3 is 11.9 Å². The molecule has 0 aliphatic carbocycles. The molecule has 2 aromatic carbocycles. The first kappa shape index (κ1) is 23.8. The highest BCUT2D eigenvalue weighted by Gasteiger charge is 2.42. The highest BCUT2D eigenvalue weighted by Crippen LogP contribution is 2.33. The molecule has 0 aliphatic heterocycles. The van der Waals surface area contributed by atoms with E-state index in [1.165, 1.54) is 20.3 Å². The van der Waals surface area contributed by atoms with Crippen molar-refractivity contribution < 1.29 is 43.5 Å². The van der Waals surface area contributed by atoms with E-state index in [0.717, 1.165) is 0 Å². The van der Waals surface area contributed by atoms with E-state index >= 15 is 0 Å². The van der Waals surface area contributed by atoms with E-state index in [1.807, 2.05) is 0 Å². The van der Waals surface area contributed by atoms with Gasteiger partial charge < -0.3 is 29.2 Å². The van der Waals surface area contributed by atoms with Crippen LogP contribution in [0.1, 0.15) is 28.8 Å². The number of hydrogen-bond donors (Lipinski definition) is 2. The Labute approximate surface area is 179 Å². The zero-order chi connectivity index (χ0) is 22.9. The Balaban J connectivity index is 2.28. The molecule has 2 rings (SSSR count). The molecule has 0 saturated heterocycles. The van der Waals surface area contributed by atoms with Gasteiger partial charge in [-0.2, -0.15) is 0 Å². The Bertz CT molecular complexity index is 919. The molecule has 31 heavy (non-hydrogen) atoms. The van der Waals surface area contributed by atoms with Crippen LogP contribution in [0, 0.1) is 0 Å². The summed E-state index contributed by atoms with van der Waals surface area (Å²) in [6.07, 6.45) is -0.343. The summed E-state index contributed by atoms with van der Waals surface area (Å²) in [7, 11) is 2.65. The number of Topliss-reactive ketones (excluding diaryl/α,β-unsaturated/α-hetero) is 1. The molecule has 0 radical (unpaired) electrons. The molecule has 0 aromatic heterocycles. The third kappa shape index (κ3) is 6.27. The standard InChI is InChI=1S/C22H24O9/c1-28-22(29-2,16-6-4-8-18(14-16)31-12-10-20(25)26)21(27)15-5-3-7-17(13-15)30-11-9-19(23)24/h3-8,13-14H,9-12H2,1-2H3,(H,23,24)(H,25,26). The minimum Gasteiger partial charge on any atom is -0.493 e. The predicted molar refractivity (Wildman–Crippen MR) is 108 cm³/mol. The number of methoxy groups -OCH3 is 2. The quantitative estimate of drug-likeness (QED) is 0.362. The molecule has 166 valence electrons. The van der Waals surface area contributed by atoms with Crippen molar-refractivity contribution in [1.29, 1.82) is 0 Å². The lowest BCUT2D eigenvalue weighted by Crippen LogP contribution is -2.40. The third-order valence-corrected chi connectivity index (χ3v) is 4.35. The minimum absolute atomic E-state index is 0.0323. The van der Waals surface area contributed by atoms with Crippen LogP contribution in [-0.4, -0.2) is 55.4 Å². The maximum absolute atomic E-state index is 13.4. The number of aliphatic carboxylic acids is 2. The number of ether oxygens (including phenoxy) is 4. The van der Waals surface area contributed by atoms with Crippen LogP contribution in [0.15, 0.2) is 48.5 Å². The summed E-state index contributed by atoms with van der Waals surface area (Å²) < 4.78 is 21.8. The average Bonchev–Trinajstić information content (AvgIpc) is 2.75. The van der Waals surface area contributed by atoms with Gasteiger partial charge in [0.1, 0.15) is 11.5 Å². The van der Waals surface area contributed by atoms with Gasteiger partial charge in [-0.1, -0.05) is 24.3 Å². The summed E-state index contributed by atoms with van der Waals surface area (Å²) in [5.41, 5.74) is 0.584. The molecule has 0 atom stereocenters. The molecule has 2 N–H and O–H groups in total. The molecule has 0 saturated carbocycles. The molecule has 0 aliphatic rings. The fourth-order valence-corrected chi connectivity index (χ4v) is 2.86. The second-order valence-electron chi connectivity index (χ2n) is 6.39. The van der Waals surface area contributed by atoms with Crippen molar-refractivity contribution in [2.24, 2.45) is 0 Å². The summed E-state index contributed by atoms with van der Waals surface area (Å²) in [6.45, 7) is -0.0716. The van der Waals surface area contributed by atoms with E-state index in [2.05, 4.69) is 0 Å². The van der Waals surface area contributed by atoms with Crippen molar-refractivity contribution in [2.45, 2.75) is 18.6 Å². The molecule has 0 spiro atoms. The van der Waals surface area contributed by atoms with E-state index in [9.17, 15) is 14.4 Å². The second-order valence-corrected chi connectivity index (χ2v) is 6.39. The molecule has 9 heteroatoms. The Morgan fingerprint density at radius 3 is 1.84 bits per heavy atom. The van der Waals surface area contributed by atoms with Gasteiger partial charge in [-0.05, 0) is 24.3 Å². The van der Waals surface area contributed by atoms with E-state index in [0.29, 0.717) is 17.1 Å². The zero-order valence-corrected chi connectivity index (χ0v) is 17.2. The van der Waals surface area contributed by atoms with Crippen LogP contribution >= 0.6 is 0 Å². The van der Waals surface area contributed by atoms with E-state index in [4.69, 9.17) is 29.2 Å². The van der Waals surface area contributed by atoms with Gasteiger partial charge in [-0.15, -0.1) is 0 Å². The topological polar surface area (TPSA) is 129 Å². The second kappa shape index (κ2) is 11.1. The highest BCUT2D eigenvalue weighted by atomic mass is 16.7. The molecule has 0 fully saturated rings. The van der Waals surface area contributed by atoms with E-state index in [-0.39, 0.29) is 31.6 Å². The van der Waals surface area contributed by atoms with Gasteiger partial charge in [0.2, 0.25) is 5.78 Å². The van der Waals surface area contributed by atoms with Crippen LogP contribution in [0.5, 0.6) is 11.5 Å². The van der Waals surface area contributed by atoms with Crippen LogP contribution < -0.4 is 9.47 Å². The normalized spacial score (nSPS) is 11.0. The molecule has 2 aromatic rings. The molecular weight excluding hydrogens is 408 g/mol. The number of benzene rings is 2. The van der Waals surface area contributed by atoms with Gasteiger partial charge in [-0.3, -0.25) is 14.4 Å². The molecule has 9 nitrogen and oxygen atoms in total. The fraction of sp³-hybridized carbons (Fsp3) is 0.318. The summed E-state index contributed by atoms with van der Waals surface area (Å²) in [6, 6.07) is 12.7. The summed E-state index contributed by atoms with van der Waals surface area (Å²) in [4.78, 5) is 34.7. The molecule has 0 bridgehead atoms. The molecule has 0 heterocycles. The lowest BCUT2D eigenvalue weighted by Gasteiger charge is -2.30. The van der Waals surface area contributed by atoms with Crippen molar-refractivity contribution in [3.05, 3.63) is 59.7 Å². The van der Waals surface area contributed by atoms with Crippen molar-refractivity contribution in [3.8, 4) is 11.5 Å². The van der Waals surface area contributed by atoms with Crippen LogP contribution in [0.3, 0.4) is 0 Å². The van der Waals surface area contributed by atoms with Gasteiger partial charge in [0.05, 0.1) is 26.1 Å². The fourth-order valence-electron chi connectivity index (χ4n) is 2.86. The smallest absolute Gasteiger partial charge is 0.306 e. The van der Waals surface area contributed by atoms with Gasteiger partial charge in [-0.25, -0.2) is 0 Å². The maximum Gasteiger partial charge on any atom is 0.306 e. The first-order chi connectivity index (χ1) is 14.8. The number of carboxylic acid groups (broad SMARTS) is 2. The Kier molecular flexibility index (Phi) is 8.53.